The number of rotatable bonds is 9. The average molecular weight is 539 g/mol. The van der Waals surface area contributed by atoms with E-state index < -0.39 is 15.9 Å². The molecule has 0 saturated carbocycles. The van der Waals surface area contributed by atoms with Gasteiger partial charge < -0.3 is 14.8 Å². The van der Waals surface area contributed by atoms with E-state index in [1.165, 1.54) is 5.56 Å². The Morgan fingerprint density at radius 2 is 1.84 bits per heavy atom. The highest BCUT2D eigenvalue weighted by Crippen LogP contribution is 2.36. The Bertz CT molecular complexity index is 1610. The summed E-state index contributed by atoms with van der Waals surface area (Å²) in [5.74, 6) is 0.0751. The minimum atomic E-state index is -3.77. The average Bonchev–Trinajstić information content (AvgIpc) is 3.36. The first kappa shape index (κ1) is 27.4. The molecule has 0 aliphatic carbocycles. The topological polar surface area (TPSA) is 126 Å². The van der Waals surface area contributed by atoms with Crippen LogP contribution in [0.4, 0.5) is 0 Å². The highest BCUT2D eigenvalue weighted by atomic mass is 32.2. The largest absolute Gasteiger partial charge is 0.494 e. The second kappa shape index (κ2) is 10.6. The number of aromatic amines is 1. The van der Waals surface area contributed by atoms with Gasteiger partial charge in [0.1, 0.15) is 11.4 Å². The van der Waals surface area contributed by atoms with Crippen LogP contribution < -0.4 is 9.46 Å². The van der Waals surface area contributed by atoms with Crippen molar-refractivity contribution in [3.8, 4) is 16.9 Å². The Morgan fingerprint density at radius 1 is 1.16 bits per heavy atom. The van der Waals surface area contributed by atoms with Crippen LogP contribution >= 0.6 is 0 Å². The monoisotopic (exact) mass is 538 g/mol. The molecule has 4 rings (SSSR count). The third-order valence-electron chi connectivity index (χ3n) is 7.01. The summed E-state index contributed by atoms with van der Waals surface area (Å²) >= 11 is 0. The van der Waals surface area contributed by atoms with Gasteiger partial charge >= 0.3 is 0 Å². The summed E-state index contributed by atoms with van der Waals surface area (Å²) in [5, 5.41) is 15.1. The number of aliphatic hydroxyl groups excluding tert-OH is 1. The van der Waals surface area contributed by atoms with Crippen LogP contribution in [0.2, 0.25) is 0 Å². The number of amides is 1. The number of para-hydroxylation sites is 1. The summed E-state index contributed by atoms with van der Waals surface area (Å²) < 4.78 is 33.5. The van der Waals surface area contributed by atoms with Gasteiger partial charge in [0.25, 0.3) is 5.91 Å². The third-order valence-corrected chi connectivity index (χ3v) is 7.57. The van der Waals surface area contributed by atoms with Crippen molar-refractivity contribution in [3.05, 3.63) is 69.7 Å². The molecule has 1 amide bonds. The summed E-state index contributed by atoms with van der Waals surface area (Å²) in [6.07, 6.45) is 2.04. The minimum Gasteiger partial charge on any atom is -0.494 e. The van der Waals surface area contributed by atoms with Crippen LogP contribution in [0, 0.1) is 27.7 Å². The number of nitrogens with zero attached hydrogens (tertiary/aromatic N) is 2. The molecule has 0 unspecified atom stereocenters. The molecule has 0 spiro atoms. The molecule has 0 fully saturated rings. The van der Waals surface area contributed by atoms with Crippen LogP contribution in [0.5, 0.6) is 5.75 Å². The molecule has 0 atom stereocenters. The molecule has 2 aromatic heterocycles. The van der Waals surface area contributed by atoms with Crippen molar-refractivity contribution in [2.45, 2.75) is 47.1 Å². The van der Waals surface area contributed by atoms with E-state index in [9.17, 15) is 18.3 Å². The summed E-state index contributed by atoms with van der Waals surface area (Å²) in [4.78, 5) is 16.2. The fraction of sp³-hybridized carbons (Fsp3) is 0.357. The van der Waals surface area contributed by atoms with Gasteiger partial charge in [-0.2, -0.15) is 5.10 Å². The predicted octanol–water partition coefficient (Wildman–Crippen LogP) is 4.00. The number of aromatic nitrogens is 3. The van der Waals surface area contributed by atoms with Gasteiger partial charge in [0.15, 0.2) is 0 Å². The molecule has 0 bridgehead atoms. The van der Waals surface area contributed by atoms with E-state index in [1.54, 1.807) is 11.7 Å². The van der Waals surface area contributed by atoms with E-state index in [0.717, 1.165) is 45.3 Å². The Balaban J connectivity index is 1.71. The number of carbonyl (C=O) groups excluding carboxylic acids is 1. The van der Waals surface area contributed by atoms with Crippen LogP contribution in [-0.4, -0.2) is 47.1 Å². The number of H-pyrrole nitrogens is 1. The number of hydrogen-bond donors (Lipinski definition) is 3. The standard InChI is InChI=1S/C28H34N4O5S/c1-16-13-20(14-17(2)18(16)3)37-12-8-11-22-21-9-7-10-23(25-19(4)32(5)30-24(25)15-33)26(21)29-27(22)28(34)31-38(6,35)36/h7,9-10,13-14,29,33H,8,11-12,15H2,1-6H3,(H,31,34). The quantitative estimate of drug-likeness (QED) is 0.277. The fourth-order valence-electron chi connectivity index (χ4n) is 4.81. The van der Waals surface area contributed by atoms with Crippen molar-refractivity contribution in [1.29, 1.82) is 0 Å². The van der Waals surface area contributed by atoms with E-state index in [0.29, 0.717) is 36.2 Å². The lowest BCUT2D eigenvalue weighted by molar-refractivity contribution is 0.0976. The van der Waals surface area contributed by atoms with Gasteiger partial charge in [-0.15, -0.1) is 0 Å². The van der Waals surface area contributed by atoms with E-state index in [2.05, 4.69) is 35.6 Å². The number of aryl methyl sites for hydroxylation is 4. The Kier molecular flexibility index (Phi) is 7.66. The molecule has 0 aliphatic heterocycles. The smallest absolute Gasteiger partial charge is 0.281 e. The SMILES string of the molecule is Cc1cc(OCCCc2c(C(=O)NS(C)(=O)=O)[nH]c3c(-c4c(CO)nn(C)c4C)cccc23)cc(C)c1C. The molecule has 3 N–H and O–H groups in total. The van der Waals surface area contributed by atoms with Crippen LogP contribution in [-0.2, 0) is 30.1 Å². The van der Waals surface area contributed by atoms with Crippen molar-refractivity contribution < 1.29 is 23.1 Å². The second-order valence-electron chi connectivity index (χ2n) is 9.73. The van der Waals surface area contributed by atoms with Crippen LogP contribution in [0.1, 0.15) is 50.6 Å². The number of benzene rings is 2. The van der Waals surface area contributed by atoms with Gasteiger partial charge in [0.2, 0.25) is 10.0 Å². The molecule has 4 aromatic rings. The molecule has 0 radical (unpaired) electrons. The van der Waals surface area contributed by atoms with Crippen LogP contribution in [0.25, 0.3) is 22.0 Å². The number of carbonyl (C=O) groups is 1. The van der Waals surface area contributed by atoms with Crippen molar-refractivity contribution >= 4 is 26.8 Å². The maximum atomic E-state index is 13.0. The van der Waals surface area contributed by atoms with Crippen molar-refractivity contribution in [2.24, 2.45) is 7.05 Å². The predicted molar refractivity (Wildman–Crippen MR) is 148 cm³/mol. The van der Waals surface area contributed by atoms with Gasteiger partial charge in [-0.05, 0) is 74.9 Å². The lowest BCUT2D eigenvalue weighted by atomic mass is 9.98. The van der Waals surface area contributed by atoms with E-state index in [-0.39, 0.29) is 12.3 Å². The molecule has 0 aliphatic rings. The Hall–Kier alpha value is -3.63. The molecular formula is C28H34N4O5S. The molecule has 9 nitrogen and oxygen atoms in total. The van der Waals surface area contributed by atoms with Gasteiger partial charge in [0.05, 0.1) is 30.7 Å². The zero-order valence-corrected chi connectivity index (χ0v) is 23.4. The van der Waals surface area contributed by atoms with Gasteiger partial charge in [-0.3, -0.25) is 9.48 Å². The second-order valence-corrected chi connectivity index (χ2v) is 11.5. The Morgan fingerprint density at radius 3 is 2.47 bits per heavy atom. The van der Waals surface area contributed by atoms with Gasteiger partial charge in [-0.1, -0.05) is 18.2 Å². The molecule has 0 saturated heterocycles. The summed E-state index contributed by atoms with van der Waals surface area (Å²) in [6.45, 7) is 8.29. The van der Waals surface area contributed by atoms with Crippen LogP contribution in [0.15, 0.2) is 30.3 Å². The summed E-state index contributed by atoms with van der Waals surface area (Å²) in [5.41, 5.74) is 8.07. The highest BCUT2D eigenvalue weighted by molar-refractivity contribution is 7.89. The van der Waals surface area contributed by atoms with Crippen LogP contribution in [0.3, 0.4) is 0 Å². The number of ether oxygens (including phenoxy) is 1. The first-order valence-corrected chi connectivity index (χ1v) is 14.3. The first-order chi connectivity index (χ1) is 17.9. The number of hydrogen-bond acceptors (Lipinski definition) is 6. The molecule has 38 heavy (non-hydrogen) atoms. The molecule has 2 heterocycles. The molecule has 202 valence electrons. The highest BCUT2D eigenvalue weighted by Gasteiger charge is 2.24. The Labute approximate surface area is 222 Å². The number of nitrogens with one attached hydrogen (secondary N) is 2. The zero-order chi connectivity index (χ0) is 27.8. The number of fused-ring (bicyclic) bond motifs is 1. The zero-order valence-electron chi connectivity index (χ0n) is 22.6. The maximum absolute atomic E-state index is 13.0. The first-order valence-electron chi connectivity index (χ1n) is 12.4. The lowest BCUT2D eigenvalue weighted by Gasteiger charge is -2.11. The third kappa shape index (κ3) is 5.46. The number of sulfonamides is 1. The normalized spacial score (nSPS) is 11.8. The number of aliphatic hydroxyl groups is 1. The van der Waals surface area contributed by atoms with Gasteiger partial charge in [0, 0.05) is 29.3 Å². The molecule has 2 aromatic carbocycles. The summed E-state index contributed by atoms with van der Waals surface area (Å²) in [7, 11) is -1.96. The van der Waals surface area contributed by atoms with E-state index in [4.69, 9.17) is 4.74 Å². The van der Waals surface area contributed by atoms with E-state index in [1.807, 2.05) is 37.3 Å². The lowest BCUT2D eigenvalue weighted by Crippen LogP contribution is -2.30. The van der Waals surface area contributed by atoms with E-state index >= 15 is 0 Å². The molecule has 10 heteroatoms. The molecular weight excluding hydrogens is 504 g/mol. The van der Waals surface area contributed by atoms with Crippen molar-refractivity contribution in [3.63, 3.8) is 0 Å². The van der Waals surface area contributed by atoms with Crippen molar-refractivity contribution in [2.75, 3.05) is 12.9 Å². The van der Waals surface area contributed by atoms with Gasteiger partial charge in [-0.25, -0.2) is 13.1 Å². The maximum Gasteiger partial charge on any atom is 0.281 e. The fourth-order valence-corrected chi connectivity index (χ4v) is 5.25. The minimum absolute atomic E-state index is 0.187. The van der Waals surface area contributed by atoms with Crippen molar-refractivity contribution in [1.82, 2.24) is 19.5 Å². The summed E-state index contributed by atoms with van der Waals surface area (Å²) in [6, 6.07) is 9.71.